The van der Waals surface area contributed by atoms with E-state index >= 15 is 0 Å². The van der Waals surface area contributed by atoms with Crippen LogP contribution in [0, 0.1) is 0 Å². The molecule has 0 bridgehead atoms. The third kappa shape index (κ3) is 4.76. The van der Waals surface area contributed by atoms with Gasteiger partial charge in [0.15, 0.2) is 15.0 Å². The van der Waals surface area contributed by atoms with Gasteiger partial charge in [0.25, 0.3) is 5.91 Å². The van der Waals surface area contributed by atoms with Crippen LogP contribution in [0.4, 0.5) is 5.13 Å². The van der Waals surface area contributed by atoms with Gasteiger partial charge in [-0.1, -0.05) is 17.4 Å². The van der Waals surface area contributed by atoms with E-state index < -0.39 is 9.84 Å². The fourth-order valence-electron chi connectivity index (χ4n) is 3.24. The monoisotopic (exact) mass is 529 g/mol. The number of halogens is 1. The average Bonchev–Trinajstić information content (AvgIpc) is 3.34. The number of rotatable bonds is 6. The minimum Gasteiger partial charge on any atom is -0.379 e. The maximum atomic E-state index is 13.3. The summed E-state index contributed by atoms with van der Waals surface area (Å²) in [5.41, 5.74) is 0.413. The molecule has 0 atom stereocenters. The van der Waals surface area contributed by atoms with E-state index in [2.05, 4.69) is 25.8 Å². The summed E-state index contributed by atoms with van der Waals surface area (Å²) in [6.07, 6.45) is 1.17. The molecule has 0 aliphatic carbocycles. The number of sulfone groups is 1. The van der Waals surface area contributed by atoms with Crippen molar-refractivity contribution >= 4 is 69.7 Å². The molecule has 1 aromatic carbocycles. The van der Waals surface area contributed by atoms with Gasteiger partial charge in [0.05, 0.1) is 31.5 Å². The molecule has 0 N–H and O–H groups in total. The lowest BCUT2D eigenvalue weighted by Gasteiger charge is -2.29. The second-order valence-corrected chi connectivity index (χ2v) is 12.3. The number of ether oxygens (including phenoxy) is 1. The van der Waals surface area contributed by atoms with Crippen LogP contribution in [0.5, 0.6) is 0 Å². The van der Waals surface area contributed by atoms with E-state index in [1.165, 1.54) is 28.9 Å². The van der Waals surface area contributed by atoms with Gasteiger partial charge in [0.1, 0.15) is 5.52 Å². The summed E-state index contributed by atoms with van der Waals surface area (Å²) < 4.78 is 31.4. The van der Waals surface area contributed by atoms with E-state index in [1.807, 2.05) is 12.1 Å². The smallest absolute Gasteiger partial charge is 0.270 e. The van der Waals surface area contributed by atoms with Gasteiger partial charge in [-0.15, -0.1) is 11.3 Å². The molecule has 1 fully saturated rings. The molecule has 0 spiro atoms. The number of carbonyl (C=O) groups excluding carboxylic acids is 1. The quantitative estimate of drug-likeness (QED) is 0.486. The van der Waals surface area contributed by atoms with Gasteiger partial charge in [-0.25, -0.2) is 13.4 Å². The van der Waals surface area contributed by atoms with Gasteiger partial charge >= 0.3 is 0 Å². The number of thiazole rings is 1. The summed E-state index contributed by atoms with van der Waals surface area (Å²) in [5.74, 6) is -0.140. The van der Waals surface area contributed by atoms with Gasteiger partial charge in [-0.2, -0.15) is 0 Å². The first-order valence-electron chi connectivity index (χ1n) is 9.30. The largest absolute Gasteiger partial charge is 0.379 e. The Bertz CT molecular complexity index is 1170. The highest BCUT2D eigenvalue weighted by molar-refractivity contribution is 9.11. The molecule has 0 radical (unpaired) electrons. The normalized spacial score (nSPS) is 15.5. The third-order valence-corrected chi connectivity index (χ3v) is 8.56. The van der Waals surface area contributed by atoms with Crippen molar-refractivity contribution in [2.75, 3.05) is 50.5 Å². The highest BCUT2D eigenvalue weighted by Gasteiger charge is 2.25. The molecule has 3 heterocycles. The molecule has 1 aliphatic rings. The summed E-state index contributed by atoms with van der Waals surface area (Å²) >= 11 is 6.11. The fraction of sp³-hybridized carbons (Fsp3) is 0.368. The Kier molecular flexibility index (Phi) is 6.56. The first-order chi connectivity index (χ1) is 14.3. The summed E-state index contributed by atoms with van der Waals surface area (Å²) in [7, 11) is -3.43. The Labute approximate surface area is 191 Å². The number of aromatic nitrogens is 1. The second-order valence-electron chi connectivity index (χ2n) is 6.89. The number of fused-ring (bicyclic) bond motifs is 1. The van der Waals surface area contributed by atoms with Gasteiger partial charge in [0.2, 0.25) is 0 Å². The molecule has 2 aromatic heterocycles. The third-order valence-electron chi connectivity index (χ3n) is 4.77. The van der Waals surface area contributed by atoms with Crippen LogP contribution >= 0.6 is 38.6 Å². The van der Waals surface area contributed by atoms with E-state index in [4.69, 9.17) is 4.74 Å². The van der Waals surface area contributed by atoms with Crippen molar-refractivity contribution in [3.8, 4) is 0 Å². The number of benzene rings is 1. The Morgan fingerprint density at radius 2 is 2.00 bits per heavy atom. The molecule has 3 aromatic rings. The van der Waals surface area contributed by atoms with E-state index in [9.17, 15) is 13.2 Å². The molecule has 7 nitrogen and oxygen atoms in total. The van der Waals surface area contributed by atoms with Crippen LogP contribution < -0.4 is 4.90 Å². The molecule has 4 rings (SSSR count). The fourth-order valence-corrected chi connectivity index (χ4v) is 6.49. The molecule has 0 saturated carbocycles. The van der Waals surface area contributed by atoms with Gasteiger partial charge in [-0.3, -0.25) is 14.6 Å². The predicted molar refractivity (Wildman–Crippen MR) is 124 cm³/mol. The van der Waals surface area contributed by atoms with E-state index in [0.717, 1.165) is 21.6 Å². The van der Waals surface area contributed by atoms with Crippen LogP contribution in [0.2, 0.25) is 0 Å². The zero-order valence-corrected chi connectivity index (χ0v) is 20.2. The highest BCUT2D eigenvalue weighted by Crippen LogP contribution is 2.34. The number of para-hydroxylation sites is 1. The average molecular weight is 530 g/mol. The number of hydrogen-bond acceptors (Lipinski definition) is 8. The van der Waals surface area contributed by atoms with E-state index in [0.29, 0.717) is 41.8 Å². The van der Waals surface area contributed by atoms with Gasteiger partial charge in [-0.05, 0) is 40.2 Å². The molecule has 0 unspecified atom stereocenters. The van der Waals surface area contributed by atoms with Crippen LogP contribution in [0.1, 0.15) is 9.67 Å². The van der Waals surface area contributed by atoms with Crippen LogP contribution in [-0.4, -0.2) is 69.9 Å². The molecule has 160 valence electrons. The standard InChI is InChI=1S/C19H20BrN3O4S3/c1-30(25,26)15-4-2-3-13-17(15)21-19(29-13)23(8-7-22-9-11-27-12-10-22)18(24)14-5-6-16(20)28-14/h2-6H,7-12H2,1H3. The maximum Gasteiger partial charge on any atom is 0.270 e. The van der Waals surface area contributed by atoms with Crippen molar-refractivity contribution in [2.45, 2.75) is 4.90 Å². The Morgan fingerprint density at radius 3 is 2.67 bits per heavy atom. The van der Waals surface area contributed by atoms with Crippen LogP contribution in [0.3, 0.4) is 0 Å². The molecule has 1 saturated heterocycles. The molecular formula is C19H20BrN3O4S3. The Balaban J connectivity index is 1.70. The topological polar surface area (TPSA) is 79.8 Å². The zero-order valence-electron chi connectivity index (χ0n) is 16.2. The molecule has 1 aliphatic heterocycles. The first kappa shape index (κ1) is 21.8. The van der Waals surface area contributed by atoms with Gasteiger partial charge in [0, 0.05) is 32.4 Å². The predicted octanol–water partition coefficient (Wildman–Crippen LogP) is 3.50. The van der Waals surface area contributed by atoms with Crippen molar-refractivity contribution in [1.29, 1.82) is 0 Å². The number of anilines is 1. The van der Waals surface area contributed by atoms with Gasteiger partial charge < -0.3 is 4.74 Å². The Morgan fingerprint density at radius 1 is 1.23 bits per heavy atom. The van der Waals surface area contributed by atoms with E-state index in [-0.39, 0.29) is 10.8 Å². The number of morpholine rings is 1. The second kappa shape index (κ2) is 9.01. The van der Waals surface area contributed by atoms with Crippen molar-refractivity contribution < 1.29 is 17.9 Å². The van der Waals surface area contributed by atoms with E-state index in [1.54, 1.807) is 23.1 Å². The van der Waals surface area contributed by atoms with Crippen molar-refractivity contribution in [2.24, 2.45) is 0 Å². The lowest BCUT2D eigenvalue weighted by molar-refractivity contribution is 0.0391. The summed E-state index contributed by atoms with van der Waals surface area (Å²) in [4.78, 5) is 22.6. The molecular weight excluding hydrogens is 510 g/mol. The van der Waals surface area contributed by atoms with Crippen LogP contribution in [-0.2, 0) is 14.6 Å². The number of hydrogen-bond donors (Lipinski definition) is 0. The highest BCUT2D eigenvalue weighted by atomic mass is 79.9. The Hall–Kier alpha value is -1.37. The lowest BCUT2D eigenvalue weighted by atomic mass is 10.3. The van der Waals surface area contributed by atoms with Crippen molar-refractivity contribution in [3.63, 3.8) is 0 Å². The minimum absolute atomic E-state index is 0.140. The SMILES string of the molecule is CS(=O)(=O)c1cccc2sc(N(CCN3CCOCC3)C(=O)c3ccc(Br)s3)nc12. The number of carbonyl (C=O) groups is 1. The summed E-state index contributed by atoms with van der Waals surface area (Å²) in [6.45, 7) is 4.17. The minimum atomic E-state index is -3.43. The summed E-state index contributed by atoms with van der Waals surface area (Å²) in [5, 5.41) is 0.504. The first-order valence-corrected chi connectivity index (χ1v) is 13.6. The van der Waals surface area contributed by atoms with Crippen LogP contribution in [0.15, 0.2) is 39.0 Å². The number of nitrogens with zero attached hydrogens (tertiary/aromatic N) is 3. The molecule has 11 heteroatoms. The van der Waals surface area contributed by atoms with Crippen LogP contribution in [0.25, 0.3) is 10.2 Å². The van der Waals surface area contributed by atoms with Crippen molar-refractivity contribution in [1.82, 2.24) is 9.88 Å². The number of thiophene rings is 1. The maximum absolute atomic E-state index is 13.3. The zero-order chi connectivity index (χ0) is 21.3. The van der Waals surface area contributed by atoms with Crippen molar-refractivity contribution in [3.05, 3.63) is 39.0 Å². The summed E-state index contributed by atoms with van der Waals surface area (Å²) in [6, 6.07) is 8.72. The molecule has 30 heavy (non-hydrogen) atoms. The molecule has 1 amide bonds. The lowest BCUT2D eigenvalue weighted by Crippen LogP contribution is -2.43. The number of amides is 1.